The highest BCUT2D eigenvalue weighted by Crippen LogP contribution is 2.21. The normalized spacial score (nSPS) is 9.50. The van der Waals surface area contributed by atoms with Gasteiger partial charge in [-0.25, -0.2) is 0 Å². The van der Waals surface area contributed by atoms with Gasteiger partial charge in [0.25, 0.3) is 0 Å². The maximum absolute atomic E-state index is 11.2. The van der Waals surface area contributed by atoms with E-state index in [-0.39, 0.29) is 12.2 Å². The second-order valence-corrected chi connectivity index (χ2v) is 4.14. The van der Waals surface area contributed by atoms with Crippen LogP contribution in [-0.2, 0) is 11.2 Å². The molecule has 0 aliphatic heterocycles. The van der Waals surface area contributed by atoms with Crippen molar-refractivity contribution in [3.05, 3.63) is 33.8 Å². The van der Waals surface area contributed by atoms with Crippen molar-refractivity contribution in [3.8, 4) is 6.07 Å². The quantitative estimate of drug-likeness (QED) is 0.805. The molecule has 0 aliphatic carbocycles. The summed E-state index contributed by atoms with van der Waals surface area (Å²) in [7, 11) is 0. The van der Waals surface area contributed by atoms with Gasteiger partial charge in [-0.05, 0) is 17.7 Å². The number of nitriles is 1. The molecule has 0 amide bonds. The summed E-state index contributed by atoms with van der Waals surface area (Å²) in [5.41, 5.74) is 1.31. The molecule has 0 aromatic heterocycles. The minimum Gasteiger partial charge on any atom is -0.298 e. The van der Waals surface area contributed by atoms with Crippen molar-refractivity contribution >= 4 is 37.6 Å². The Morgan fingerprint density at radius 2 is 2.21 bits per heavy atom. The number of carbonyl (C=O) groups is 1. The summed E-state index contributed by atoms with van der Waals surface area (Å²) < 4.78 is 0.811. The number of hydrogen-bond donors (Lipinski definition) is 0. The van der Waals surface area contributed by atoms with Crippen molar-refractivity contribution in [2.45, 2.75) is 6.42 Å². The molecular weight excluding hydrogens is 310 g/mol. The van der Waals surface area contributed by atoms with Crippen LogP contribution in [0.1, 0.15) is 11.1 Å². The standard InChI is InChI=1S/C10H7Br2NO/c11-5-8(14)4-9-7(6-13)2-1-3-10(9)12/h1-3H,4-5H2. The average Bonchev–Trinajstić information content (AvgIpc) is 2.20. The van der Waals surface area contributed by atoms with E-state index >= 15 is 0 Å². The van der Waals surface area contributed by atoms with Gasteiger partial charge in [0.1, 0.15) is 5.78 Å². The van der Waals surface area contributed by atoms with Gasteiger partial charge in [0, 0.05) is 10.9 Å². The zero-order valence-corrected chi connectivity index (χ0v) is 10.4. The summed E-state index contributed by atoms with van der Waals surface area (Å²) in [5, 5.41) is 9.15. The van der Waals surface area contributed by atoms with Crippen LogP contribution in [-0.4, -0.2) is 11.1 Å². The molecule has 0 unspecified atom stereocenters. The smallest absolute Gasteiger partial charge is 0.147 e. The first kappa shape index (κ1) is 11.4. The maximum atomic E-state index is 11.2. The van der Waals surface area contributed by atoms with E-state index < -0.39 is 0 Å². The Balaban J connectivity index is 3.06. The summed E-state index contributed by atoms with van der Waals surface area (Å²) in [5.74, 6) is 0.0633. The number of rotatable bonds is 3. The van der Waals surface area contributed by atoms with Gasteiger partial charge in [0.2, 0.25) is 0 Å². The van der Waals surface area contributed by atoms with Gasteiger partial charge in [-0.2, -0.15) is 5.26 Å². The van der Waals surface area contributed by atoms with E-state index in [1.54, 1.807) is 12.1 Å². The lowest BCUT2D eigenvalue weighted by molar-refractivity contribution is -0.115. The molecule has 2 nitrogen and oxygen atoms in total. The maximum Gasteiger partial charge on any atom is 0.147 e. The van der Waals surface area contributed by atoms with Crippen molar-refractivity contribution in [1.82, 2.24) is 0 Å². The van der Waals surface area contributed by atoms with E-state index in [1.165, 1.54) is 0 Å². The minimum atomic E-state index is 0.0633. The zero-order chi connectivity index (χ0) is 10.6. The van der Waals surface area contributed by atoms with Crippen LogP contribution in [0.2, 0.25) is 0 Å². The molecule has 1 aromatic rings. The van der Waals surface area contributed by atoms with Crippen LogP contribution in [0.15, 0.2) is 22.7 Å². The molecule has 1 aromatic carbocycles. The molecule has 14 heavy (non-hydrogen) atoms. The number of Topliss-reactive ketones (excluding diaryl/α,β-unsaturated/α-hetero) is 1. The Kier molecular flexibility index (Phi) is 4.30. The number of alkyl halides is 1. The second kappa shape index (κ2) is 5.28. The first-order valence-corrected chi connectivity index (χ1v) is 5.85. The van der Waals surface area contributed by atoms with Gasteiger partial charge in [0.05, 0.1) is 17.0 Å². The van der Waals surface area contributed by atoms with Crippen LogP contribution in [0.25, 0.3) is 0 Å². The van der Waals surface area contributed by atoms with E-state index in [9.17, 15) is 4.79 Å². The molecule has 0 saturated heterocycles. The van der Waals surface area contributed by atoms with E-state index in [2.05, 4.69) is 37.9 Å². The number of nitrogens with zero attached hydrogens (tertiary/aromatic N) is 1. The van der Waals surface area contributed by atoms with Gasteiger partial charge in [-0.3, -0.25) is 4.79 Å². The Bertz CT molecular complexity index is 396. The molecule has 72 valence electrons. The predicted molar refractivity (Wildman–Crippen MR) is 61.4 cm³/mol. The average molecular weight is 317 g/mol. The highest BCUT2D eigenvalue weighted by Gasteiger charge is 2.09. The van der Waals surface area contributed by atoms with Crippen molar-refractivity contribution < 1.29 is 4.79 Å². The Labute approximate surface area is 99.2 Å². The van der Waals surface area contributed by atoms with E-state index in [0.717, 1.165) is 10.0 Å². The number of halogens is 2. The van der Waals surface area contributed by atoms with Crippen molar-refractivity contribution in [1.29, 1.82) is 5.26 Å². The first-order valence-electron chi connectivity index (χ1n) is 3.94. The van der Waals surface area contributed by atoms with Crippen LogP contribution < -0.4 is 0 Å². The third kappa shape index (κ3) is 2.66. The van der Waals surface area contributed by atoms with Crippen LogP contribution >= 0.6 is 31.9 Å². The third-order valence-corrected chi connectivity index (χ3v) is 3.13. The molecule has 0 spiro atoms. The summed E-state index contributed by atoms with van der Waals surface area (Å²) in [4.78, 5) is 11.2. The van der Waals surface area contributed by atoms with Crippen molar-refractivity contribution in [2.24, 2.45) is 0 Å². The highest BCUT2D eigenvalue weighted by molar-refractivity contribution is 9.10. The summed E-state index contributed by atoms with van der Waals surface area (Å²) in [6.45, 7) is 0. The van der Waals surface area contributed by atoms with E-state index in [4.69, 9.17) is 5.26 Å². The lowest BCUT2D eigenvalue weighted by Crippen LogP contribution is -2.05. The van der Waals surface area contributed by atoms with Gasteiger partial charge in [-0.1, -0.05) is 37.9 Å². The molecule has 0 bridgehead atoms. The lowest BCUT2D eigenvalue weighted by atomic mass is 10.0. The second-order valence-electron chi connectivity index (χ2n) is 2.73. The van der Waals surface area contributed by atoms with Crippen LogP contribution in [0.3, 0.4) is 0 Å². The zero-order valence-electron chi connectivity index (χ0n) is 7.26. The number of carbonyl (C=O) groups excluding carboxylic acids is 1. The molecule has 0 fully saturated rings. The third-order valence-electron chi connectivity index (χ3n) is 1.76. The molecule has 4 heteroatoms. The van der Waals surface area contributed by atoms with Crippen molar-refractivity contribution in [3.63, 3.8) is 0 Å². The molecule has 1 rings (SSSR count). The first-order chi connectivity index (χ1) is 6.69. The largest absolute Gasteiger partial charge is 0.298 e. The fraction of sp³-hybridized carbons (Fsp3) is 0.200. The topological polar surface area (TPSA) is 40.9 Å². The number of benzene rings is 1. The molecular formula is C10H7Br2NO. The number of ketones is 1. The molecule has 0 aliphatic rings. The van der Waals surface area contributed by atoms with Crippen LogP contribution in [0.5, 0.6) is 0 Å². The van der Waals surface area contributed by atoms with Gasteiger partial charge >= 0.3 is 0 Å². The predicted octanol–water partition coefficient (Wildman–Crippen LogP) is 2.83. The summed E-state index contributed by atoms with van der Waals surface area (Å²) >= 11 is 6.42. The van der Waals surface area contributed by atoms with Gasteiger partial charge < -0.3 is 0 Å². The fourth-order valence-corrected chi connectivity index (χ4v) is 1.79. The van der Waals surface area contributed by atoms with Crippen molar-refractivity contribution in [2.75, 3.05) is 5.33 Å². The molecule has 0 heterocycles. The lowest BCUT2D eigenvalue weighted by Gasteiger charge is -2.04. The highest BCUT2D eigenvalue weighted by atomic mass is 79.9. The summed E-state index contributed by atoms with van der Waals surface area (Å²) in [6, 6.07) is 7.39. The Hall–Kier alpha value is -0.660. The van der Waals surface area contributed by atoms with E-state index in [1.807, 2.05) is 6.07 Å². The van der Waals surface area contributed by atoms with Gasteiger partial charge in [0.15, 0.2) is 0 Å². The van der Waals surface area contributed by atoms with Crippen LogP contribution in [0.4, 0.5) is 0 Å². The fourth-order valence-electron chi connectivity index (χ4n) is 1.09. The number of hydrogen-bond acceptors (Lipinski definition) is 2. The Morgan fingerprint density at radius 1 is 1.50 bits per heavy atom. The Morgan fingerprint density at radius 3 is 2.79 bits per heavy atom. The SMILES string of the molecule is N#Cc1cccc(Br)c1CC(=O)CBr. The minimum absolute atomic E-state index is 0.0633. The molecule has 0 saturated carbocycles. The monoisotopic (exact) mass is 315 g/mol. The molecule has 0 radical (unpaired) electrons. The summed E-state index contributed by atoms with van der Waals surface area (Å²) in [6.07, 6.45) is 0.287. The van der Waals surface area contributed by atoms with E-state index in [0.29, 0.717) is 10.9 Å². The van der Waals surface area contributed by atoms with Gasteiger partial charge in [-0.15, -0.1) is 0 Å². The molecule has 0 atom stereocenters. The molecule has 0 N–H and O–H groups in total. The van der Waals surface area contributed by atoms with Crippen LogP contribution in [0, 0.1) is 11.3 Å².